The van der Waals surface area contributed by atoms with E-state index < -0.39 is 0 Å². The van der Waals surface area contributed by atoms with Gasteiger partial charge in [0.25, 0.3) is 5.91 Å². The van der Waals surface area contributed by atoms with Gasteiger partial charge in [0.2, 0.25) is 0 Å². The number of hydrogen-bond donors (Lipinski definition) is 2. The van der Waals surface area contributed by atoms with Crippen LogP contribution < -0.4 is 10.9 Å². The normalized spacial score (nSPS) is 25.1. The number of piperidine rings is 1. The highest BCUT2D eigenvalue weighted by atomic mass is 32.2. The van der Waals surface area contributed by atoms with Gasteiger partial charge in [0.15, 0.2) is 0 Å². The summed E-state index contributed by atoms with van der Waals surface area (Å²) in [6.45, 7) is 4.81. The third-order valence-electron chi connectivity index (χ3n) is 6.20. The zero-order valence-corrected chi connectivity index (χ0v) is 17.5. The zero-order valence-electron chi connectivity index (χ0n) is 16.7. The molecule has 4 nitrogen and oxygen atoms in total. The van der Waals surface area contributed by atoms with Gasteiger partial charge in [-0.3, -0.25) is 15.6 Å². The van der Waals surface area contributed by atoms with Crippen LogP contribution in [0.2, 0.25) is 0 Å². The minimum atomic E-state index is 0.163. The quantitative estimate of drug-likeness (QED) is 0.773. The van der Waals surface area contributed by atoms with E-state index in [0.29, 0.717) is 17.9 Å². The van der Waals surface area contributed by atoms with E-state index in [2.05, 4.69) is 53.2 Å². The minimum absolute atomic E-state index is 0.163. The van der Waals surface area contributed by atoms with Crippen LogP contribution >= 0.6 is 11.8 Å². The Kier molecular flexibility index (Phi) is 6.04. The summed E-state index contributed by atoms with van der Waals surface area (Å²) in [4.78, 5) is 16.3. The minimum Gasteiger partial charge on any atom is -0.338 e. The lowest BCUT2D eigenvalue weighted by Crippen LogP contribution is -2.48. The van der Waals surface area contributed by atoms with Crippen LogP contribution in [-0.2, 0) is 0 Å². The summed E-state index contributed by atoms with van der Waals surface area (Å²) in [5, 5.41) is 0. The fraction of sp³-hybridized carbons (Fsp3) is 0.435. The molecule has 3 atom stereocenters. The number of hydrazine groups is 1. The number of carbonyl (C=O) groups excluding carboxylic acids is 1. The molecule has 3 unspecified atom stereocenters. The van der Waals surface area contributed by atoms with Gasteiger partial charge < -0.3 is 4.90 Å². The molecule has 2 heterocycles. The van der Waals surface area contributed by atoms with Crippen molar-refractivity contribution in [1.82, 2.24) is 15.8 Å². The highest BCUT2D eigenvalue weighted by molar-refractivity contribution is 7.98. The average Bonchev–Trinajstić information content (AvgIpc) is 3.23. The number of thioether (sulfide) groups is 1. The van der Waals surface area contributed by atoms with Crippen molar-refractivity contribution in [3.05, 3.63) is 65.2 Å². The fourth-order valence-corrected chi connectivity index (χ4v) is 5.08. The maximum Gasteiger partial charge on any atom is 0.253 e. The lowest BCUT2D eigenvalue weighted by molar-refractivity contribution is 0.0644. The Hall–Kier alpha value is -1.82. The first-order chi connectivity index (χ1) is 13.7. The number of aryl methyl sites for hydroxylation is 1. The molecule has 5 heteroatoms. The Morgan fingerprint density at radius 1 is 1.14 bits per heavy atom. The Balaban J connectivity index is 1.48. The van der Waals surface area contributed by atoms with Gasteiger partial charge in [-0.25, -0.2) is 0 Å². The molecule has 0 bridgehead atoms. The zero-order chi connectivity index (χ0) is 19.5. The molecule has 0 radical (unpaired) electrons. The molecule has 2 aliphatic heterocycles. The molecule has 148 valence electrons. The Bertz CT molecular complexity index is 823. The lowest BCUT2D eigenvalue weighted by atomic mass is 9.80. The summed E-state index contributed by atoms with van der Waals surface area (Å²) < 4.78 is 0. The van der Waals surface area contributed by atoms with Gasteiger partial charge in [-0.1, -0.05) is 24.3 Å². The third-order valence-corrected chi connectivity index (χ3v) is 6.95. The number of amides is 1. The first-order valence-electron chi connectivity index (χ1n) is 10.1. The number of benzene rings is 2. The van der Waals surface area contributed by atoms with Crippen LogP contribution in [0.5, 0.6) is 0 Å². The monoisotopic (exact) mass is 395 g/mol. The molecule has 0 aromatic heterocycles. The van der Waals surface area contributed by atoms with E-state index >= 15 is 0 Å². The molecular formula is C23H29N3OS. The molecule has 2 aromatic rings. The second kappa shape index (κ2) is 8.68. The topological polar surface area (TPSA) is 44.4 Å². The van der Waals surface area contributed by atoms with Gasteiger partial charge in [-0.15, -0.1) is 11.8 Å². The fourth-order valence-electron chi connectivity index (χ4n) is 4.67. The van der Waals surface area contributed by atoms with E-state index in [1.54, 1.807) is 11.8 Å². The number of likely N-dealkylation sites (tertiary alicyclic amines) is 1. The van der Waals surface area contributed by atoms with E-state index in [1.165, 1.54) is 16.0 Å². The van der Waals surface area contributed by atoms with Gasteiger partial charge in [0.1, 0.15) is 0 Å². The molecule has 1 amide bonds. The molecule has 0 aliphatic carbocycles. The first-order valence-corrected chi connectivity index (χ1v) is 11.4. The van der Waals surface area contributed by atoms with Crippen LogP contribution in [0.4, 0.5) is 0 Å². The van der Waals surface area contributed by atoms with E-state index in [4.69, 9.17) is 0 Å². The predicted molar refractivity (Wildman–Crippen MR) is 116 cm³/mol. The summed E-state index contributed by atoms with van der Waals surface area (Å²) in [6, 6.07) is 17.0. The Morgan fingerprint density at radius 3 is 2.68 bits per heavy atom. The molecular weight excluding hydrogens is 366 g/mol. The van der Waals surface area contributed by atoms with Crippen molar-refractivity contribution in [3.63, 3.8) is 0 Å². The van der Waals surface area contributed by atoms with Crippen molar-refractivity contribution >= 4 is 17.7 Å². The first kappa shape index (κ1) is 19.5. The van der Waals surface area contributed by atoms with Crippen molar-refractivity contribution in [3.8, 4) is 0 Å². The molecule has 2 N–H and O–H groups in total. The highest BCUT2D eigenvalue weighted by Gasteiger charge is 2.38. The Labute approximate surface area is 172 Å². The van der Waals surface area contributed by atoms with Crippen molar-refractivity contribution in [2.45, 2.75) is 36.6 Å². The van der Waals surface area contributed by atoms with E-state index in [9.17, 15) is 4.79 Å². The highest BCUT2D eigenvalue weighted by Crippen LogP contribution is 2.33. The summed E-state index contributed by atoms with van der Waals surface area (Å²) in [6.07, 6.45) is 4.29. The standard InChI is InChI=1S/C23H29N3OS/c1-16-6-3-4-8-20(16)21-14-24-25-22(21)18-7-5-13-26(15-18)23(27)17-9-11-19(28-2)12-10-17/h3-4,6,8-12,18,21-22,24-25H,5,7,13-15H2,1-2H3. The molecule has 0 saturated carbocycles. The molecule has 2 aromatic carbocycles. The Morgan fingerprint density at radius 2 is 1.93 bits per heavy atom. The van der Waals surface area contributed by atoms with Gasteiger partial charge >= 0.3 is 0 Å². The number of carbonyl (C=O) groups is 1. The molecule has 4 rings (SSSR count). The molecule has 28 heavy (non-hydrogen) atoms. The molecule has 2 fully saturated rings. The molecule has 2 aliphatic rings. The van der Waals surface area contributed by atoms with Crippen molar-refractivity contribution in [2.24, 2.45) is 5.92 Å². The smallest absolute Gasteiger partial charge is 0.253 e. The van der Waals surface area contributed by atoms with Crippen LogP contribution in [0.25, 0.3) is 0 Å². The van der Waals surface area contributed by atoms with Crippen LogP contribution in [0.1, 0.15) is 40.2 Å². The van der Waals surface area contributed by atoms with Gasteiger partial charge in [0, 0.05) is 42.1 Å². The number of hydrogen-bond acceptors (Lipinski definition) is 4. The third kappa shape index (κ3) is 3.97. The van der Waals surface area contributed by atoms with Crippen molar-refractivity contribution < 1.29 is 4.79 Å². The van der Waals surface area contributed by atoms with Gasteiger partial charge in [-0.05, 0) is 67.3 Å². The van der Waals surface area contributed by atoms with Gasteiger partial charge in [-0.2, -0.15) is 0 Å². The van der Waals surface area contributed by atoms with Crippen LogP contribution in [0, 0.1) is 12.8 Å². The maximum absolute atomic E-state index is 13.0. The maximum atomic E-state index is 13.0. The number of nitrogens with zero attached hydrogens (tertiary/aromatic N) is 1. The number of rotatable bonds is 4. The summed E-state index contributed by atoms with van der Waals surface area (Å²) in [5.74, 6) is 1.07. The van der Waals surface area contributed by atoms with Crippen molar-refractivity contribution in [2.75, 3.05) is 25.9 Å². The van der Waals surface area contributed by atoms with Gasteiger partial charge in [0.05, 0.1) is 0 Å². The number of nitrogens with one attached hydrogen (secondary N) is 2. The lowest BCUT2D eigenvalue weighted by Gasteiger charge is -2.37. The molecule has 2 saturated heterocycles. The predicted octanol–water partition coefficient (Wildman–Crippen LogP) is 3.83. The van der Waals surface area contributed by atoms with E-state index in [0.717, 1.165) is 38.0 Å². The van der Waals surface area contributed by atoms with Crippen LogP contribution in [0.3, 0.4) is 0 Å². The SMILES string of the molecule is CSc1ccc(C(=O)N2CCCC(C3NNCC3c3ccccc3C)C2)cc1. The van der Waals surface area contributed by atoms with Crippen molar-refractivity contribution in [1.29, 1.82) is 0 Å². The van der Waals surface area contributed by atoms with E-state index in [1.807, 2.05) is 24.3 Å². The van der Waals surface area contributed by atoms with Crippen LogP contribution in [0.15, 0.2) is 53.4 Å². The second-order valence-electron chi connectivity index (χ2n) is 7.90. The average molecular weight is 396 g/mol. The summed E-state index contributed by atoms with van der Waals surface area (Å²) >= 11 is 1.70. The van der Waals surface area contributed by atoms with E-state index in [-0.39, 0.29) is 5.91 Å². The second-order valence-corrected chi connectivity index (χ2v) is 8.78. The summed E-state index contributed by atoms with van der Waals surface area (Å²) in [7, 11) is 0. The summed E-state index contributed by atoms with van der Waals surface area (Å²) in [5.41, 5.74) is 10.5. The largest absolute Gasteiger partial charge is 0.338 e. The van der Waals surface area contributed by atoms with Crippen LogP contribution in [-0.4, -0.2) is 42.7 Å². The molecule has 0 spiro atoms.